The second-order valence-corrected chi connectivity index (χ2v) is 4.15. The summed E-state index contributed by atoms with van der Waals surface area (Å²) < 4.78 is 13.4. The van der Waals surface area contributed by atoms with E-state index in [1.54, 1.807) is 42.5 Å². The number of aromatic hydroxyl groups is 1. The highest BCUT2D eigenvalue weighted by molar-refractivity contribution is 5.83. The predicted octanol–water partition coefficient (Wildman–Crippen LogP) is 2.89. The van der Waals surface area contributed by atoms with Crippen molar-refractivity contribution in [2.75, 3.05) is 0 Å². The third-order valence-corrected chi connectivity index (χ3v) is 2.66. The Morgan fingerprint density at radius 2 is 1.83 bits per heavy atom. The van der Waals surface area contributed by atoms with E-state index in [1.807, 2.05) is 0 Å². The zero-order valence-corrected chi connectivity index (χ0v) is 9.77. The van der Waals surface area contributed by atoms with Crippen LogP contribution < -0.4 is 0 Å². The molecule has 0 aliphatic heterocycles. The van der Waals surface area contributed by atoms with Crippen molar-refractivity contribution in [2.24, 2.45) is 0 Å². The van der Waals surface area contributed by atoms with Crippen molar-refractivity contribution in [3.8, 4) is 5.75 Å². The van der Waals surface area contributed by atoms with Crippen LogP contribution in [0.2, 0.25) is 0 Å². The summed E-state index contributed by atoms with van der Waals surface area (Å²) in [7, 11) is 0. The van der Waals surface area contributed by atoms with Crippen LogP contribution in [0.4, 0.5) is 4.39 Å². The third kappa shape index (κ3) is 3.17. The molecule has 1 N–H and O–H groups in total. The lowest BCUT2D eigenvalue weighted by Gasteiger charge is -2.03. The van der Waals surface area contributed by atoms with Crippen LogP contribution in [0.5, 0.6) is 5.75 Å². The van der Waals surface area contributed by atoms with Crippen molar-refractivity contribution in [1.29, 1.82) is 0 Å². The monoisotopic (exact) mass is 244 g/mol. The summed E-state index contributed by atoms with van der Waals surface area (Å²) in [6, 6.07) is 12.8. The standard InChI is InChI=1S/C15H13FO2/c16-15-7-2-1-5-12(15)10-14(18)9-11-4-3-6-13(17)8-11/h1-8,17H,9-10H2. The van der Waals surface area contributed by atoms with Gasteiger partial charge in [-0.15, -0.1) is 0 Å². The molecule has 0 bridgehead atoms. The minimum atomic E-state index is -0.359. The number of rotatable bonds is 4. The first-order valence-electron chi connectivity index (χ1n) is 5.68. The number of Topliss-reactive ketones (excluding diaryl/α,β-unsaturated/α-hetero) is 1. The summed E-state index contributed by atoms with van der Waals surface area (Å²) >= 11 is 0. The number of halogens is 1. The Morgan fingerprint density at radius 3 is 2.56 bits per heavy atom. The van der Waals surface area contributed by atoms with E-state index in [4.69, 9.17) is 0 Å². The van der Waals surface area contributed by atoms with Gasteiger partial charge in [-0.3, -0.25) is 4.79 Å². The maximum atomic E-state index is 13.4. The SMILES string of the molecule is O=C(Cc1cccc(O)c1)Cc1ccccc1F. The summed E-state index contributed by atoms with van der Waals surface area (Å²) in [4.78, 5) is 11.8. The molecule has 0 unspecified atom stereocenters. The molecule has 0 radical (unpaired) electrons. The van der Waals surface area contributed by atoms with E-state index < -0.39 is 0 Å². The molecule has 0 atom stereocenters. The molecule has 0 saturated heterocycles. The Bertz CT molecular complexity index is 564. The van der Waals surface area contributed by atoms with Crippen molar-refractivity contribution >= 4 is 5.78 Å². The fourth-order valence-corrected chi connectivity index (χ4v) is 1.81. The van der Waals surface area contributed by atoms with Gasteiger partial charge in [-0.1, -0.05) is 30.3 Å². The summed E-state index contributed by atoms with van der Waals surface area (Å²) in [5.41, 5.74) is 1.14. The fraction of sp³-hybridized carbons (Fsp3) is 0.133. The van der Waals surface area contributed by atoms with Gasteiger partial charge < -0.3 is 5.11 Å². The maximum absolute atomic E-state index is 13.4. The summed E-state index contributed by atoms with van der Waals surface area (Å²) in [5.74, 6) is -0.307. The van der Waals surface area contributed by atoms with Gasteiger partial charge in [0.05, 0.1) is 0 Å². The number of phenols is 1. The van der Waals surface area contributed by atoms with E-state index in [2.05, 4.69) is 0 Å². The van der Waals surface area contributed by atoms with Crippen molar-refractivity contribution < 1.29 is 14.3 Å². The van der Waals surface area contributed by atoms with Crippen LogP contribution in [-0.4, -0.2) is 10.9 Å². The molecular weight excluding hydrogens is 231 g/mol. The van der Waals surface area contributed by atoms with Gasteiger partial charge in [-0.2, -0.15) is 0 Å². The molecule has 92 valence electrons. The van der Waals surface area contributed by atoms with Crippen LogP contribution in [0.1, 0.15) is 11.1 Å². The van der Waals surface area contributed by atoms with E-state index in [-0.39, 0.29) is 30.2 Å². The molecular formula is C15H13FO2. The van der Waals surface area contributed by atoms with Gasteiger partial charge in [0.25, 0.3) is 0 Å². The zero-order chi connectivity index (χ0) is 13.0. The molecule has 0 spiro atoms. The molecule has 0 fully saturated rings. The van der Waals surface area contributed by atoms with Crippen LogP contribution in [0.15, 0.2) is 48.5 Å². The molecule has 2 aromatic rings. The first-order valence-corrected chi connectivity index (χ1v) is 5.68. The summed E-state index contributed by atoms with van der Waals surface area (Å²) in [6.45, 7) is 0. The van der Waals surface area contributed by atoms with Gasteiger partial charge in [0.1, 0.15) is 17.3 Å². The van der Waals surface area contributed by atoms with E-state index in [0.29, 0.717) is 5.56 Å². The highest BCUT2D eigenvalue weighted by atomic mass is 19.1. The number of hydrogen-bond acceptors (Lipinski definition) is 2. The topological polar surface area (TPSA) is 37.3 Å². The normalized spacial score (nSPS) is 10.3. The Kier molecular flexibility index (Phi) is 3.72. The van der Waals surface area contributed by atoms with E-state index in [0.717, 1.165) is 5.56 Å². The highest BCUT2D eigenvalue weighted by Crippen LogP contribution is 2.13. The Morgan fingerprint density at radius 1 is 1.06 bits per heavy atom. The van der Waals surface area contributed by atoms with Gasteiger partial charge >= 0.3 is 0 Å². The van der Waals surface area contributed by atoms with Crippen molar-refractivity contribution in [3.63, 3.8) is 0 Å². The lowest BCUT2D eigenvalue weighted by molar-refractivity contribution is -0.117. The molecule has 0 saturated carbocycles. The number of carbonyl (C=O) groups is 1. The van der Waals surface area contributed by atoms with Gasteiger partial charge in [-0.05, 0) is 29.3 Å². The van der Waals surface area contributed by atoms with E-state index in [1.165, 1.54) is 6.07 Å². The molecule has 3 heteroatoms. The average molecular weight is 244 g/mol. The molecule has 0 aliphatic carbocycles. The summed E-state index contributed by atoms with van der Waals surface area (Å²) in [5, 5.41) is 9.29. The van der Waals surface area contributed by atoms with E-state index >= 15 is 0 Å². The van der Waals surface area contributed by atoms with Gasteiger partial charge in [0.15, 0.2) is 0 Å². The second-order valence-electron chi connectivity index (χ2n) is 4.15. The Balaban J connectivity index is 2.03. The largest absolute Gasteiger partial charge is 0.508 e. The lowest BCUT2D eigenvalue weighted by Crippen LogP contribution is -2.07. The van der Waals surface area contributed by atoms with Crippen LogP contribution in [-0.2, 0) is 17.6 Å². The number of carbonyl (C=O) groups excluding carboxylic acids is 1. The number of hydrogen-bond donors (Lipinski definition) is 1. The van der Waals surface area contributed by atoms with Crippen molar-refractivity contribution in [2.45, 2.75) is 12.8 Å². The van der Waals surface area contributed by atoms with Crippen LogP contribution in [0.25, 0.3) is 0 Å². The maximum Gasteiger partial charge on any atom is 0.141 e. The van der Waals surface area contributed by atoms with Gasteiger partial charge in [0, 0.05) is 12.8 Å². The lowest BCUT2D eigenvalue weighted by atomic mass is 10.0. The third-order valence-electron chi connectivity index (χ3n) is 2.66. The zero-order valence-electron chi connectivity index (χ0n) is 9.77. The first-order chi connectivity index (χ1) is 8.65. The quantitative estimate of drug-likeness (QED) is 0.897. The van der Waals surface area contributed by atoms with Crippen molar-refractivity contribution in [1.82, 2.24) is 0 Å². The number of phenolic OH excluding ortho intramolecular Hbond substituents is 1. The first kappa shape index (κ1) is 12.3. The molecule has 0 aromatic heterocycles. The predicted molar refractivity (Wildman–Crippen MR) is 66.9 cm³/mol. The Hall–Kier alpha value is -2.16. The number of benzene rings is 2. The molecule has 2 rings (SSSR count). The molecule has 2 aromatic carbocycles. The molecule has 0 amide bonds. The van der Waals surface area contributed by atoms with Crippen molar-refractivity contribution in [3.05, 3.63) is 65.5 Å². The minimum Gasteiger partial charge on any atom is -0.508 e. The highest BCUT2D eigenvalue weighted by Gasteiger charge is 2.08. The van der Waals surface area contributed by atoms with E-state index in [9.17, 15) is 14.3 Å². The molecule has 2 nitrogen and oxygen atoms in total. The van der Waals surface area contributed by atoms with Gasteiger partial charge in [0.2, 0.25) is 0 Å². The number of ketones is 1. The van der Waals surface area contributed by atoms with Crippen LogP contribution >= 0.6 is 0 Å². The molecule has 0 aliphatic rings. The smallest absolute Gasteiger partial charge is 0.141 e. The van der Waals surface area contributed by atoms with Crippen LogP contribution in [0, 0.1) is 5.82 Å². The summed E-state index contributed by atoms with van der Waals surface area (Å²) in [6.07, 6.45) is 0.269. The molecule has 0 heterocycles. The Labute approximate surface area is 105 Å². The fourth-order valence-electron chi connectivity index (χ4n) is 1.81. The van der Waals surface area contributed by atoms with Crippen LogP contribution in [0.3, 0.4) is 0 Å². The van der Waals surface area contributed by atoms with Gasteiger partial charge in [-0.25, -0.2) is 4.39 Å². The average Bonchev–Trinajstić information content (AvgIpc) is 2.32. The second kappa shape index (κ2) is 5.45. The minimum absolute atomic E-state index is 0.0718. The molecule has 18 heavy (non-hydrogen) atoms.